The van der Waals surface area contributed by atoms with E-state index >= 15 is 0 Å². The Bertz CT molecular complexity index is 259. The van der Waals surface area contributed by atoms with Crippen molar-refractivity contribution >= 4 is 0 Å². The van der Waals surface area contributed by atoms with Crippen LogP contribution in [-0.4, -0.2) is 18.3 Å². The first kappa shape index (κ1) is 39.6. The van der Waals surface area contributed by atoms with Gasteiger partial charge in [-0.25, -0.2) is 11.6 Å². The van der Waals surface area contributed by atoms with Gasteiger partial charge in [-0.2, -0.15) is 6.08 Å². The Morgan fingerprint density at radius 2 is 0.920 bits per heavy atom. The summed E-state index contributed by atoms with van der Waals surface area (Å²) in [6.45, 7) is 22.7. The fourth-order valence-electron chi connectivity index (χ4n) is 0.318. The van der Waals surface area contributed by atoms with Crippen LogP contribution >= 0.6 is 0 Å². The fourth-order valence-corrected chi connectivity index (χ4v) is 0.318. The average Bonchev–Trinajstić information content (AvgIpc) is 2.43. The molecule has 0 fully saturated rings. The number of hydrogen-bond acceptors (Lipinski definition) is 3. The molecule has 0 rings (SSSR count). The van der Waals surface area contributed by atoms with Crippen LogP contribution in [0.15, 0.2) is 42.0 Å². The van der Waals surface area contributed by atoms with E-state index in [4.69, 9.17) is 6.58 Å². The first-order valence-corrected chi connectivity index (χ1v) is 8.31. The van der Waals surface area contributed by atoms with Crippen LogP contribution in [0.25, 0.3) is 0 Å². The second-order valence-electron chi connectivity index (χ2n) is 5.40. The summed E-state index contributed by atoms with van der Waals surface area (Å²) in [6, 6.07) is 0. The van der Waals surface area contributed by atoms with Gasteiger partial charge in [0.2, 0.25) is 0 Å². The van der Waals surface area contributed by atoms with E-state index < -0.39 is 18.3 Å². The molecule has 0 bridgehead atoms. The molecule has 0 aromatic carbocycles. The van der Waals surface area contributed by atoms with Crippen LogP contribution in [0, 0.1) is 6.58 Å². The molecule has 146 valence electrons. The second kappa shape index (κ2) is 38.9. The van der Waals surface area contributed by atoms with Gasteiger partial charge in [0.1, 0.15) is 0 Å². The Morgan fingerprint density at radius 3 is 0.960 bits per heavy atom. The van der Waals surface area contributed by atoms with Crippen LogP contribution in [0.3, 0.4) is 0 Å². The maximum absolute atomic E-state index is 9.53. The first-order valence-electron chi connectivity index (χ1n) is 8.31. The molecule has 0 aromatic rings. The van der Waals surface area contributed by atoms with Crippen LogP contribution in [0.2, 0.25) is 0 Å². The molecule has 0 aromatic heterocycles. The molecule has 0 saturated heterocycles. The largest absolute Gasteiger partial charge is 4.00 e. The van der Waals surface area contributed by atoms with Gasteiger partial charge >= 0.3 is 21.7 Å². The summed E-state index contributed by atoms with van der Waals surface area (Å²) in [4.78, 5) is 0. The van der Waals surface area contributed by atoms with Gasteiger partial charge in [-0.05, 0) is 13.8 Å². The molecular formula is C21H40O3Ti. The van der Waals surface area contributed by atoms with Crippen molar-refractivity contribution < 1.29 is 37.0 Å². The summed E-state index contributed by atoms with van der Waals surface area (Å²) in [7, 11) is 0. The Hall–Kier alpha value is -0.446. The van der Waals surface area contributed by atoms with E-state index in [0.29, 0.717) is 0 Å². The normalized spacial score (nSPS) is 9.84. The van der Waals surface area contributed by atoms with E-state index in [1.807, 2.05) is 58.1 Å². The van der Waals surface area contributed by atoms with Gasteiger partial charge in [0.25, 0.3) is 0 Å². The van der Waals surface area contributed by atoms with Crippen molar-refractivity contribution in [1.29, 1.82) is 0 Å². The van der Waals surface area contributed by atoms with E-state index in [9.17, 15) is 15.3 Å². The molecule has 0 amide bonds. The topological polar surface area (TPSA) is 69.2 Å². The van der Waals surface area contributed by atoms with Gasteiger partial charge in [0.15, 0.2) is 0 Å². The maximum atomic E-state index is 9.53. The van der Waals surface area contributed by atoms with Crippen LogP contribution in [0.4, 0.5) is 0 Å². The van der Waals surface area contributed by atoms with E-state index in [2.05, 4.69) is 0 Å². The van der Waals surface area contributed by atoms with Crippen molar-refractivity contribution in [3.63, 3.8) is 0 Å². The van der Waals surface area contributed by atoms with Crippen LogP contribution in [0.5, 0.6) is 0 Å². The zero-order chi connectivity index (χ0) is 20.6. The Kier molecular flexibility index (Phi) is 61.5. The zero-order valence-corrected chi connectivity index (χ0v) is 19.6. The van der Waals surface area contributed by atoms with Crippen molar-refractivity contribution in [1.82, 2.24) is 0 Å². The summed E-state index contributed by atoms with van der Waals surface area (Å²) in [5.74, 6) is 0. The standard InChI is InChI=1S/C6H9.C6H10.3C3H7O.Ti/c1-4-6(3)5-2;1-3-5-6-4-2;3*1-3(2)4;/h1,4-5H,2-3H3;3-6H,1-2H3;3*3H,1-2H3;/q-1;;3*-1;+4. The summed E-state index contributed by atoms with van der Waals surface area (Å²) in [5, 5.41) is 28.6. The van der Waals surface area contributed by atoms with Gasteiger partial charge in [0.05, 0.1) is 0 Å². The third kappa shape index (κ3) is 255. The first-order chi connectivity index (χ1) is 10.9. The zero-order valence-electron chi connectivity index (χ0n) is 18.0. The molecule has 0 saturated carbocycles. The molecule has 0 N–H and O–H groups in total. The van der Waals surface area contributed by atoms with Crippen molar-refractivity contribution in [3.8, 4) is 0 Å². The molecule has 0 radical (unpaired) electrons. The summed E-state index contributed by atoms with van der Waals surface area (Å²) in [6.07, 6.45) is 10.3. The minimum absolute atomic E-state index is 0. The Balaban J connectivity index is -0.0000000454. The predicted molar refractivity (Wildman–Crippen MR) is 103 cm³/mol. The van der Waals surface area contributed by atoms with Gasteiger partial charge in [-0.1, -0.05) is 72.8 Å². The van der Waals surface area contributed by atoms with Crippen molar-refractivity contribution in [2.75, 3.05) is 0 Å². The van der Waals surface area contributed by atoms with Gasteiger partial charge in [-0.15, -0.1) is 25.2 Å². The number of hydrogen-bond donors (Lipinski definition) is 0. The predicted octanol–water partition coefficient (Wildman–Crippen LogP) is 3.34. The van der Waals surface area contributed by atoms with Crippen molar-refractivity contribution in [2.24, 2.45) is 0 Å². The average molecular weight is 388 g/mol. The minimum Gasteiger partial charge on any atom is -0.852 e. The monoisotopic (exact) mass is 388 g/mol. The molecule has 3 nitrogen and oxygen atoms in total. The number of allylic oxidation sites excluding steroid dienone is 7. The van der Waals surface area contributed by atoms with E-state index in [0.717, 1.165) is 5.57 Å². The summed E-state index contributed by atoms with van der Waals surface area (Å²) in [5.41, 5.74) is 1.12. The summed E-state index contributed by atoms with van der Waals surface area (Å²) < 4.78 is 0. The Labute approximate surface area is 173 Å². The van der Waals surface area contributed by atoms with Gasteiger partial charge in [0, 0.05) is 0 Å². The van der Waals surface area contributed by atoms with Crippen molar-refractivity contribution in [2.45, 2.75) is 87.5 Å². The minimum atomic E-state index is -0.417. The molecule has 4 heteroatoms. The quantitative estimate of drug-likeness (QED) is 0.414. The molecule has 0 spiro atoms. The molecular weight excluding hydrogens is 348 g/mol. The molecule has 25 heavy (non-hydrogen) atoms. The van der Waals surface area contributed by atoms with E-state index in [1.54, 1.807) is 47.6 Å². The van der Waals surface area contributed by atoms with E-state index in [1.165, 1.54) is 0 Å². The molecule has 0 atom stereocenters. The SMILES string of the molecule is CC(C)[O-].CC(C)[O-].CC(C)[O-].CC=CC=CC.[CH-]=CC(C)=CC.[Ti+4]. The smallest absolute Gasteiger partial charge is 0.852 e. The number of rotatable bonds is 2. The van der Waals surface area contributed by atoms with Crippen LogP contribution < -0.4 is 15.3 Å². The Morgan fingerprint density at radius 1 is 0.720 bits per heavy atom. The fraction of sp³-hybridized carbons (Fsp3) is 0.619. The molecule has 0 aliphatic rings. The van der Waals surface area contributed by atoms with Gasteiger partial charge in [-0.3, -0.25) is 6.58 Å². The third-order valence-corrected chi connectivity index (χ3v) is 1.21. The third-order valence-electron chi connectivity index (χ3n) is 1.21. The summed E-state index contributed by atoms with van der Waals surface area (Å²) >= 11 is 0. The molecule has 0 aliphatic heterocycles. The molecule has 0 heterocycles. The molecule has 0 unspecified atom stereocenters. The maximum Gasteiger partial charge on any atom is 4.00 e. The van der Waals surface area contributed by atoms with Gasteiger partial charge < -0.3 is 15.3 Å². The van der Waals surface area contributed by atoms with E-state index in [-0.39, 0.29) is 21.7 Å². The van der Waals surface area contributed by atoms with Crippen molar-refractivity contribution in [3.05, 3.63) is 48.6 Å². The molecule has 0 aliphatic carbocycles. The second-order valence-corrected chi connectivity index (χ2v) is 5.40. The van der Waals surface area contributed by atoms with Crippen LogP contribution in [0.1, 0.15) is 69.2 Å². The van der Waals surface area contributed by atoms with Crippen LogP contribution in [-0.2, 0) is 21.7 Å².